The molecule has 0 saturated carbocycles. The Kier molecular flexibility index (Phi) is 7.27. The molecule has 0 aliphatic heterocycles. The van der Waals surface area contributed by atoms with Crippen molar-refractivity contribution in [1.29, 1.82) is 0 Å². The monoisotopic (exact) mass is 460 g/mol. The van der Waals surface area contributed by atoms with Crippen LogP contribution in [0.2, 0.25) is 0 Å². The number of rotatable bonds is 10. The first kappa shape index (κ1) is 23.1. The first-order chi connectivity index (χ1) is 16.6. The quantitative estimate of drug-likeness (QED) is 0.355. The highest BCUT2D eigenvalue weighted by Gasteiger charge is 2.12. The maximum Gasteiger partial charge on any atom is 0.277 e. The summed E-state index contributed by atoms with van der Waals surface area (Å²) in [4.78, 5) is 25.5. The van der Waals surface area contributed by atoms with E-state index in [1.807, 2.05) is 31.2 Å². The van der Waals surface area contributed by atoms with Crippen LogP contribution in [0.15, 0.2) is 71.8 Å². The number of hydrogen-bond acceptors (Lipinski definition) is 5. The molecular weight excluding hydrogens is 432 g/mol. The number of aromatic nitrogens is 3. The topological polar surface area (TPSA) is 86.9 Å². The first-order valence-corrected chi connectivity index (χ1v) is 11.4. The number of carbonyl (C=O) groups is 1. The Hall–Kier alpha value is -4.07. The van der Waals surface area contributed by atoms with Gasteiger partial charge in [-0.05, 0) is 67.9 Å². The van der Waals surface area contributed by atoms with Crippen molar-refractivity contribution in [2.45, 2.75) is 33.2 Å². The fourth-order valence-electron chi connectivity index (χ4n) is 3.50. The van der Waals surface area contributed by atoms with Gasteiger partial charge in [-0.15, -0.1) is 0 Å². The van der Waals surface area contributed by atoms with Gasteiger partial charge in [-0.3, -0.25) is 9.59 Å². The fraction of sp³-hybridized carbons (Fsp3) is 0.269. The van der Waals surface area contributed by atoms with E-state index in [9.17, 15) is 9.59 Å². The minimum Gasteiger partial charge on any atom is -0.494 e. The maximum absolute atomic E-state index is 13.0. The molecule has 2 heterocycles. The average Bonchev–Trinajstić information content (AvgIpc) is 3.28. The molecule has 2 aromatic carbocycles. The van der Waals surface area contributed by atoms with Gasteiger partial charge in [-0.25, -0.2) is 4.52 Å². The van der Waals surface area contributed by atoms with Crippen molar-refractivity contribution < 1.29 is 14.3 Å². The van der Waals surface area contributed by atoms with Gasteiger partial charge in [0, 0.05) is 23.6 Å². The van der Waals surface area contributed by atoms with Crippen molar-refractivity contribution in [3.8, 4) is 22.8 Å². The minimum absolute atomic E-state index is 0.104. The summed E-state index contributed by atoms with van der Waals surface area (Å²) in [6, 6.07) is 16.5. The third kappa shape index (κ3) is 5.46. The Labute approximate surface area is 197 Å². The van der Waals surface area contributed by atoms with Gasteiger partial charge < -0.3 is 19.4 Å². The lowest BCUT2D eigenvalue weighted by atomic mass is 10.1. The molecule has 0 atom stereocenters. The molecule has 0 aliphatic rings. The molecule has 8 nitrogen and oxygen atoms in total. The van der Waals surface area contributed by atoms with Gasteiger partial charge in [0.25, 0.3) is 5.56 Å². The van der Waals surface area contributed by atoms with E-state index in [1.165, 1.54) is 9.08 Å². The Morgan fingerprint density at radius 1 is 0.971 bits per heavy atom. The lowest BCUT2D eigenvalue weighted by molar-refractivity contribution is -0.116. The van der Waals surface area contributed by atoms with E-state index in [4.69, 9.17) is 9.47 Å². The van der Waals surface area contributed by atoms with E-state index >= 15 is 0 Å². The molecule has 1 N–H and O–H groups in total. The molecule has 0 fully saturated rings. The average molecular weight is 461 g/mol. The summed E-state index contributed by atoms with van der Waals surface area (Å²) >= 11 is 0. The van der Waals surface area contributed by atoms with E-state index in [0.717, 1.165) is 29.9 Å². The number of anilines is 1. The van der Waals surface area contributed by atoms with Crippen LogP contribution in [0.25, 0.3) is 16.8 Å². The summed E-state index contributed by atoms with van der Waals surface area (Å²) in [5.74, 6) is 1.24. The van der Waals surface area contributed by atoms with Gasteiger partial charge in [0.05, 0.1) is 18.9 Å². The zero-order valence-corrected chi connectivity index (χ0v) is 19.4. The van der Waals surface area contributed by atoms with Crippen molar-refractivity contribution in [3.63, 3.8) is 0 Å². The van der Waals surface area contributed by atoms with E-state index in [0.29, 0.717) is 30.1 Å². The summed E-state index contributed by atoms with van der Waals surface area (Å²) < 4.78 is 14.0. The molecule has 0 radical (unpaired) electrons. The number of unbranched alkanes of at least 4 members (excludes halogenated alkanes) is 1. The highest BCUT2D eigenvalue weighted by molar-refractivity contribution is 5.90. The molecule has 0 bridgehead atoms. The Morgan fingerprint density at radius 3 is 2.38 bits per heavy atom. The maximum atomic E-state index is 13.0. The van der Waals surface area contributed by atoms with Crippen LogP contribution in [0.4, 0.5) is 5.69 Å². The third-order valence-electron chi connectivity index (χ3n) is 5.28. The van der Waals surface area contributed by atoms with Crippen LogP contribution in [-0.2, 0) is 11.3 Å². The molecule has 34 heavy (non-hydrogen) atoms. The van der Waals surface area contributed by atoms with Crippen LogP contribution in [0.3, 0.4) is 0 Å². The summed E-state index contributed by atoms with van der Waals surface area (Å²) in [5.41, 5.74) is 2.30. The number of carbonyl (C=O) groups excluding carboxylic acids is 1. The summed E-state index contributed by atoms with van der Waals surface area (Å²) in [6.07, 6.45) is 5.33. The van der Waals surface area contributed by atoms with Crippen molar-refractivity contribution in [3.05, 3.63) is 77.3 Å². The van der Waals surface area contributed by atoms with E-state index in [2.05, 4.69) is 17.3 Å². The third-order valence-corrected chi connectivity index (χ3v) is 5.28. The number of fused-ring (bicyclic) bond motifs is 1. The Balaban J connectivity index is 1.46. The standard InChI is InChI=1S/C26H28N4O4/c1-3-5-16-34-22-10-6-19(7-11-22)23-17-24-26(32)29(14-15-30(24)28-23)18-25(31)27-20-8-12-21(13-9-20)33-4-2/h6-15,17H,3-5,16,18H2,1-2H3,(H,27,31). The molecule has 0 saturated heterocycles. The number of nitrogens with one attached hydrogen (secondary N) is 1. The second-order valence-electron chi connectivity index (χ2n) is 7.82. The Morgan fingerprint density at radius 2 is 1.68 bits per heavy atom. The number of ether oxygens (including phenoxy) is 2. The smallest absolute Gasteiger partial charge is 0.277 e. The number of benzene rings is 2. The molecule has 8 heteroatoms. The number of amides is 1. The SMILES string of the molecule is CCCCOc1ccc(-c2cc3c(=O)n(CC(=O)Nc4ccc(OCC)cc4)ccn3n2)cc1. The molecule has 0 aliphatic carbocycles. The van der Waals surface area contributed by atoms with Gasteiger partial charge in [-0.2, -0.15) is 5.10 Å². The van der Waals surface area contributed by atoms with Crippen molar-refractivity contribution in [2.75, 3.05) is 18.5 Å². The molecular formula is C26H28N4O4. The summed E-state index contributed by atoms with van der Waals surface area (Å²) in [6.45, 7) is 5.20. The molecule has 2 aromatic heterocycles. The number of nitrogens with zero attached hydrogens (tertiary/aromatic N) is 3. The molecule has 1 amide bonds. The van der Waals surface area contributed by atoms with E-state index in [-0.39, 0.29) is 18.0 Å². The minimum atomic E-state index is -0.297. The van der Waals surface area contributed by atoms with Crippen LogP contribution in [0.1, 0.15) is 26.7 Å². The van der Waals surface area contributed by atoms with Gasteiger partial charge in [0.15, 0.2) is 0 Å². The number of hydrogen-bond donors (Lipinski definition) is 1. The molecule has 4 aromatic rings. The lowest BCUT2D eigenvalue weighted by Crippen LogP contribution is -2.28. The fourth-order valence-corrected chi connectivity index (χ4v) is 3.50. The van der Waals surface area contributed by atoms with Crippen LogP contribution in [-0.4, -0.2) is 33.3 Å². The van der Waals surface area contributed by atoms with Crippen LogP contribution >= 0.6 is 0 Å². The zero-order chi connectivity index (χ0) is 23.9. The zero-order valence-electron chi connectivity index (χ0n) is 19.4. The largest absolute Gasteiger partial charge is 0.494 e. The van der Waals surface area contributed by atoms with Crippen LogP contribution < -0.4 is 20.3 Å². The lowest BCUT2D eigenvalue weighted by Gasteiger charge is -2.08. The van der Waals surface area contributed by atoms with Gasteiger partial charge in [0.2, 0.25) is 5.91 Å². The van der Waals surface area contributed by atoms with Gasteiger partial charge in [0.1, 0.15) is 23.6 Å². The predicted octanol–water partition coefficient (Wildman–Crippen LogP) is 4.38. The van der Waals surface area contributed by atoms with Crippen molar-refractivity contribution in [2.24, 2.45) is 0 Å². The van der Waals surface area contributed by atoms with Crippen LogP contribution in [0, 0.1) is 0 Å². The Bertz CT molecular complexity index is 1310. The molecule has 176 valence electrons. The predicted molar refractivity (Wildman–Crippen MR) is 132 cm³/mol. The van der Waals surface area contributed by atoms with E-state index in [1.54, 1.807) is 42.7 Å². The highest BCUT2D eigenvalue weighted by atomic mass is 16.5. The van der Waals surface area contributed by atoms with E-state index < -0.39 is 0 Å². The van der Waals surface area contributed by atoms with Crippen LogP contribution in [0.5, 0.6) is 11.5 Å². The van der Waals surface area contributed by atoms with Gasteiger partial charge >= 0.3 is 0 Å². The normalized spacial score (nSPS) is 10.9. The van der Waals surface area contributed by atoms with Crippen molar-refractivity contribution in [1.82, 2.24) is 14.2 Å². The second-order valence-corrected chi connectivity index (χ2v) is 7.82. The van der Waals surface area contributed by atoms with Crippen molar-refractivity contribution >= 4 is 17.1 Å². The van der Waals surface area contributed by atoms with Gasteiger partial charge in [-0.1, -0.05) is 13.3 Å². The molecule has 0 unspecified atom stereocenters. The molecule has 0 spiro atoms. The highest BCUT2D eigenvalue weighted by Crippen LogP contribution is 2.22. The second kappa shape index (κ2) is 10.7. The molecule has 4 rings (SSSR count). The first-order valence-electron chi connectivity index (χ1n) is 11.4. The summed E-state index contributed by atoms with van der Waals surface area (Å²) in [5, 5.41) is 7.31. The summed E-state index contributed by atoms with van der Waals surface area (Å²) in [7, 11) is 0.